The molecule has 2 heterocycles. The van der Waals surface area contributed by atoms with Crippen molar-refractivity contribution in [1.82, 2.24) is 25.6 Å². The van der Waals surface area contributed by atoms with E-state index in [1.165, 1.54) is 0 Å². The number of hydrazine groups is 1. The Morgan fingerprint density at radius 1 is 1.03 bits per heavy atom. The van der Waals surface area contributed by atoms with Crippen molar-refractivity contribution in [2.45, 2.75) is 39.7 Å². The predicted octanol–water partition coefficient (Wildman–Crippen LogP) is 0.611. The maximum Gasteiger partial charge on any atom is 0.344 e. The Labute approximate surface area is 188 Å². The molecular weight excluding hydrogens is 412 g/mol. The number of hydrogen-bond donors (Lipinski definition) is 3. The largest absolute Gasteiger partial charge is 0.344 e. The second-order valence-corrected chi connectivity index (χ2v) is 8.64. The van der Waals surface area contributed by atoms with Gasteiger partial charge in [-0.1, -0.05) is 19.1 Å². The molecule has 1 atom stereocenters. The molecule has 32 heavy (non-hydrogen) atoms. The van der Waals surface area contributed by atoms with E-state index < -0.39 is 23.4 Å². The van der Waals surface area contributed by atoms with E-state index in [0.717, 1.165) is 21.8 Å². The van der Waals surface area contributed by atoms with E-state index in [1.54, 1.807) is 13.8 Å². The fourth-order valence-corrected chi connectivity index (χ4v) is 3.77. The summed E-state index contributed by atoms with van der Waals surface area (Å²) in [7, 11) is 0. The molecule has 2 aliphatic heterocycles. The molecule has 0 aromatic heterocycles. The van der Waals surface area contributed by atoms with Gasteiger partial charge in [-0.05, 0) is 44.4 Å². The van der Waals surface area contributed by atoms with E-state index in [4.69, 9.17) is 0 Å². The first-order chi connectivity index (χ1) is 15.1. The molecule has 3 rings (SSSR count). The zero-order valence-corrected chi connectivity index (χ0v) is 19.2. The average molecular weight is 445 g/mol. The molecule has 0 saturated carbocycles. The minimum atomic E-state index is -0.993. The van der Waals surface area contributed by atoms with Gasteiger partial charge in [0, 0.05) is 31.9 Å². The maximum atomic E-state index is 12.4. The molecule has 1 aromatic rings. The van der Waals surface area contributed by atoms with Crippen LogP contribution in [-0.4, -0.2) is 83.4 Å². The second-order valence-electron chi connectivity index (χ2n) is 8.64. The van der Waals surface area contributed by atoms with Crippen molar-refractivity contribution in [2.75, 3.05) is 44.6 Å². The molecule has 0 spiro atoms. The summed E-state index contributed by atoms with van der Waals surface area (Å²) in [5.74, 6) is -0.949. The highest BCUT2D eigenvalue weighted by molar-refractivity contribution is 6.07. The smallest absolute Gasteiger partial charge is 0.325 e. The van der Waals surface area contributed by atoms with Crippen LogP contribution < -0.4 is 16.1 Å². The predicted molar refractivity (Wildman–Crippen MR) is 120 cm³/mol. The minimum absolute atomic E-state index is 0.0672. The summed E-state index contributed by atoms with van der Waals surface area (Å²) < 4.78 is 0. The monoisotopic (exact) mass is 444 g/mol. The maximum absolute atomic E-state index is 12.4. The van der Waals surface area contributed by atoms with E-state index >= 15 is 0 Å². The normalized spacial score (nSPS) is 22.1. The van der Waals surface area contributed by atoms with Crippen molar-refractivity contribution in [1.29, 1.82) is 0 Å². The first kappa shape index (κ1) is 23.7. The number of hydrogen-bond acceptors (Lipinski definition) is 6. The molecule has 2 fully saturated rings. The van der Waals surface area contributed by atoms with Crippen LogP contribution in [0.2, 0.25) is 0 Å². The van der Waals surface area contributed by atoms with Gasteiger partial charge in [-0.2, -0.15) is 5.01 Å². The summed E-state index contributed by atoms with van der Waals surface area (Å²) in [6, 6.07) is 5.21. The number of carbonyl (C=O) groups excluding carboxylic acids is 4. The molecule has 1 unspecified atom stereocenters. The molecule has 0 aliphatic carbocycles. The SMILES string of the molecule is CCC1(C)NC(=O)N(NC(=O)CN2CCN(CC(=O)Nc3cccc(C)c3C)CC2)C1=O. The number of benzene rings is 1. The fourth-order valence-electron chi connectivity index (χ4n) is 3.77. The van der Waals surface area contributed by atoms with Gasteiger partial charge in [0.2, 0.25) is 5.91 Å². The molecule has 174 valence electrons. The van der Waals surface area contributed by atoms with Gasteiger partial charge in [0.1, 0.15) is 5.54 Å². The van der Waals surface area contributed by atoms with Gasteiger partial charge in [0.15, 0.2) is 0 Å². The van der Waals surface area contributed by atoms with Gasteiger partial charge in [-0.3, -0.25) is 29.6 Å². The van der Waals surface area contributed by atoms with Gasteiger partial charge in [-0.25, -0.2) is 4.79 Å². The Hall–Kier alpha value is -2.98. The number of amides is 5. The van der Waals surface area contributed by atoms with E-state index in [1.807, 2.05) is 41.8 Å². The summed E-state index contributed by atoms with van der Waals surface area (Å²) in [5.41, 5.74) is 4.42. The first-order valence-electron chi connectivity index (χ1n) is 10.9. The molecule has 10 nitrogen and oxygen atoms in total. The Morgan fingerprint density at radius 2 is 1.62 bits per heavy atom. The minimum Gasteiger partial charge on any atom is -0.325 e. The third-order valence-corrected chi connectivity index (χ3v) is 6.28. The van der Waals surface area contributed by atoms with Gasteiger partial charge in [0.25, 0.3) is 11.8 Å². The number of imide groups is 1. The number of carbonyl (C=O) groups is 4. The number of urea groups is 1. The van der Waals surface area contributed by atoms with Crippen LogP contribution in [-0.2, 0) is 14.4 Å². The van der Waals surface area contributed by atoms with Gasteiger partial charge in [-0.15, -0.1) is 0 Å². The number of aryl methyl sites for hydroxylation is 1. The zero-order valence-electron chi connectivity index (χ0n) is 19.2. The highest BCUT2D eigenvalue weighted by atomic mass is 16.2. The number of anilines is 1. The van der Waals surface area contributed by atoms with Gasteiger partial charge >= 0.3 is 6.03 Å². The molecule has 10 heteroatoms. The van der Waals surface area contributed by atoms with Crippen molar-refractivity contribution in [2.24, 2.45) is 0 Å². The lowest BCUT2D eigenvalue weighted by Crippen LogP contribution is -2.54. The van der Waals surface area contributed by atoms with E-state index in [-0.39, 0.29) is 19.0 Å². The van der Waals surface area contributed by atoms with E-state index in [9.17, 15) is 19.2 Å². The topological polar surface area (TPSA) is 114 Å². The van der Waals surface area contributed by atoms with Crippen molar-refractivity contribution in [3.63, 3.8) is 0 Å². The van der Waals surface area contributed by atoms with Crippen LogP contribution in [0.5, 0.6) is 0 Å². The van der Waals surface area contributed by atoms with Crippen molar-refractivity contribution < 1.29 is 19.2 Å². The first-order valence-corrected chi connectivity index (χ1v) is 10.9. The van der Waals surface area contributed by atoms with E-state index in [2.05, 4.69) is 16.1 Å². The third kappa shape index (κ3) is 5.25. The third-order valence-electron chi connectivity index (χ3n) is 6.28. The summed E-state index contributed by atoms with van der Waals surface area (Å²) >= 11 is 0. The number of rotatable bonds is 7. The lowest BCUT2D eigenvalue weighted by atomic mass is 10.00. The Morgan fingerprint density at radius 3 is 2.19 bits per heavy atom. The van der Waals surface area contributed by atoms with Crippen molar-refractivity contribution in [3.8, 4) is 0 Å². The van der Waals surface area contributed by atoms with Gasteiger partial charge < -0.3 is 10.6 Å². The summed E-state index contributed by atoms with van der Waals surface area (Å²) in [5, 5.41) is 6.33. The highest BCUT2D eigenvalue weighted by Crippen LogP contribution is 2.19. The van der Waals surface area contributed by atoms with Gasteiger partial charge in [0.05, 0.1) is 13.1 Å². The summed E-state index contributed by atoms with van der Waals surface area (Å²) in [6.45, 7) is 10.3. The fraction of sp³-hybridized carbons (Fsp3) is 0.545. The zero-order chi connectivity index (χ0) is 23.5. The number of nitrogens with one attached hydrogen (secondary N) is 3. The van der Waals surface area contributed by atoms with Crippen LogP contribution in [0.3, 0.4) is 0 Å². The molecule has 3 N–H and O–H groups in total. The standard InChI is InChI=1S/C22H32N6O4/c1-5-22(4)20(31)28(21(32)24-22)25-19(30)14-27-11-9-26(10-12-27)13-18(29)23-17-8-6-7-15(2)16(17)3/h6-8H,5,9-14H2,1-4H3,(H,23,29)(H,24,32)(H,25,30). The molecular formula is C22H32N6O4. The Bertz CT molecular complexity index is 912. The van der Waals surface area contributed by atoms with Crippen LogP contribution in [0.15, 0.2) is 18.2 Å². The number of piperazine rings is 1. The lowest BCUT2D eigenvalue weighted by molar-refractivity contribution is -0.139. The quantitative estimate of drug-likeness (QED) is 0.531. The number of nitrogens with zero attached hydrogens (tertiary/aromatic N) is 3. The Kier molecular flexibility index (Phi) is 7.15. The summed E-state index contributed by atoms with van der Waals surface area (Å²) in [4.78, 5) is 53.2. The molecule has 1 aromatic carbocycles. The van der Waals surface area contributed by atoms with Crippen LogP contribution in [0.4, 0.5) is 10.5 Å². The molecule has 5 amide bonds. The molecule has 0 radical (unpaired) electrons. The van der Waals surface area contributed by atoms with Crippen molar-refractivity contribution in [3.05, 3.63) is 29.3 Å². The van der Waals surface area contributed by atoms with E-state index in [0.29, 0.717) is 32.6 Å². The van der Waals surface area contributed by atoms with Crippen LogP contribution >= 0.6 is 0 Å². The lowest BCUT2D eigenvalue weighted by Gasteiger charge is -2.34. The van der Waals surface area contributed by atoms with Crippen LogP contribution in [0, 0.1) is 13.8 Å². The second kappa shape index (κ2) is 9.66. The molecule has 2 aliphatic rings. The molecule has 2 saturated heterocycles. The van der Waals surface area contributed by atoms with Crippen LogP contribution in [0.1, 0.15) is 31.4 Å². The molecule has 0 bridgehead atoms. The van der Waals surface area contributed by atoms with Crippen molar-refractivity contribution >= 4 is 29.4 Å². The summed E-state index contributed by atoms with van der Waals surface area (Å²) in [6.07, 6.45) is 0.433. The average Bonchev–Trinajstić information content (AvgIpc) is 2.96. The Balaban J connectivity index is 1.42. The van der Waals surface area contributed by atoms with Crippen LogP contribution in [0.25, 0.3) is 0 Å². The highest BCUT2D eigenvalue weighted by Gasteiger charge is 2.47.